The van der Waals surface area contributed by atoms with Crippen molar-refractivity contribution < 1.29 is 18.7 Å². The fourth-order valence-electron chi connectivity index (χ4n) is 4.37. The highest BCUT2D eigenvalue weighted by Gasteiger charge is 2.26. The second-order valence-corrected chi connectivity index (χ2v) is 9.41. The number of amides is 2. The number of furan rings is 1. The van der Waals surface area contributed by atoms with Crippen molar-refractivity contribution in [2.24, 2.45) is 5.92 Å². The van der Waals surface area contributed by atoms with Crippen LogP contribution < -0.4 is 9.64 Å². The summed E-state index contributed by atoms with van der Waals surface area (Å²) in [6.07, 6.45) is 3.21. The molecule has 2 aromatic heterocycles. The molecule has 2 amide bonds. The number of aromatic nitrogens is 2. The normalized spacial score (nSPS) is 14.7. The first-order chi connectivity index (χ1) is 18.0. The van der Waals surface area contributed by atoms with Gasteiger partial charge in [-0.1, -0.05) is 32.4 Å². The van der Waals surface area contributed by atoms with Crippen LogP contribution in [-0.2, 0) is 4.79 Å². The summed E-state index contributed by atoms with van der Waals surface area (Å²) in [5.41, 5.74) is 1.72. The van der Waals surface area contributed by atoms with Gasteiger partial charge in [-0.05, 0) is 48.7 Å². The van der Waals surface area contributed by atoms with Crippen LogP contribution in [0.5, 0.6) is 5.75 Å². The third-order valence-corrected chi connectivity index (χ3v) is 6.76. The Kier molecular flexibility index (Phi) is 8.77. The summed E-state index contributed by atoms with van der Waals surface area (Å²) in [6.45, 7) is 7.33. The first kappa shape index (κ1) is 26.2. The van der Waals surface area contributed by atoms with Crippen molar-refractivity contribution in [3.63, 3.8) is 0 Å². The minimum atomic E-state index is -0.249. The largest absolute Gasteiger partial charge is 0.497 e. The predicted molar refractivity (Wildman–Crippen MR) is 141 cm³/mol. The summed E-state index contributed by atoms with van der Waals surface area (Å²) in [6, 6.07) is 15.0. The maximum atomic E-state index is 13.2. The minimum absolute atomic E-state index is 0.0406. The number of benzene rings is 1. The van der Waals surface area contributed by atoms with Gasteiger partial charge in [0.05, 0.1) is 19.1 Å². The number of hydrogen-bond acceptors (Lipinski definition) is 7. The molecule has 3 aromatic rings. The Morgan fingerprint density at radius 3 is 2.65 bits per heavy atom. The van der Waals surface area contributed by atoms with Gasteiger partial charge >= 0.3 is 0 Å². The average Bonchev–Trinajstić information content (AvgIpc) is 3.36. The minimum Gasteiger partial charge on any atom is -0.497 e. The van der Waals surface area contributed by atoms with Gasteiger partial charge in [0, 0.05) is 38.3 Å². The highest BCUT2D eigenvalue weighted by atomic mass is 16.5. The number of rotatable bonds is 9. The van der Waals surface area contributed by atoms with Gasteiger partial charge in [-0.2, -0.15) is 0 Å². The molecule has 4 rings (SSSR count). The fraction of sp³-hybridized carbons (Fsp3) is 0.429. The summed E-state index contributed by atoms with van der Waals surface area (Å²) in [7, 11) is 1.64. The van der Waals surface area contributed by atoms with Gasteiger partial charge in [0.1, 0.15) is 12.3 Å². The molecule has 196 valence electrons. The number of hydrogen-bond donors (Lipinski definition) is 0. The van der Waals surface area contributed by atoms with E-state index in [0.29, 0.717) is 26.2 Å². The van der Waals surface area contributed by atoms with E-state index in [1.807, 2.05) is 41.3 Å². The van der Waals surface area contributed by atoms with E-state index in [2.05, 4.69) is 28.9 Å². The molecule has 0 unspecified atom stereocenters. The Hall–Kier alpha value is -3.88. The zero-order valence-electron chi connectivity index (χ0n) is 21.8. The molecule has 1 aliphatic heterocycles. The first-order valence-corrected chi connectivity index (χ1v) is 12.8. The number of ether oxygens (including phenoxy) is 1. The number of nitrogens with zero attached hydrogens (tertiary/aromatic N) is 5. The molecule has 0 saturated carbocycles. The highest BCUT2D eigenvalue weighted by molar-refractivity contribution is 5.94. The molecule has 0 N–H and O–H groups in total. The Morgan fingerprint density at radius 2 is 1.95 bits per heavy atom. The Balaban J connectivity index is 1.38. The van der Waals surface area contributed by atoms with Gasteiger partial charge in [0.2, 0.25) is 5.91 Å². The van der Waals surface area contributed by atoms with Crippen LogP contribution in [0, 0.1) is 5.92 Å². The van der Waals surface area contributed by atoms with Crippen LogP contribution >= 0.6 is 0 Å². The van der Waals surface area contributed by atoms with Gasteiger partial charge in [-0.15, -0.1) is 10.2 Å². The second kappa shape index (κ2) is 12.4. The van der Waals surface area contributed by atoms with Crippen LogP contribution in [0.25, 0.3) is 11.3 Å². The first-order valence-electron chi connectivity index (χ1n) is 12.8. The summed E-state index contributed by atoms with van der Waals surface area (Å²) in [4.78, 5) is 31.8. The fourth-order valence-corrected chi connectivity index (χ4v) is 4.37. The van der Waals surface area contributed by atoms with Crippen molar-refractivity contribution in [2.45, 2.75) is 26.7 Å². The number of carbonyl (C=O) groups excluding carboxylic acids is 2. The molecule has 9 heteroatoms. The van der Waals surface area contributed by atoms with E-state index in [-0.39, 0.29) is 30.0 Å². The smallest absolute Gasteiger partial charge is 0.290 e. The SMILES string of the molecule is CC[C@H](C)CN(CC(=O)N1CCCN(c2ccc(-c3cccc(OC)c3)nn2)CC1)C(=O)c1ccco1. The molecule has 0 spiro atoms. The second-order valence-electron chi connectivity index (χ2n) is 9.41. The standard InChI is InChI=1S/C28H35N5O4/c1-4-21(2)19-33(28(35)25-10-6-17-37-25)20-27(34)32-14-7-13-31(15-16-32)26-12-11-24(29-30-26)22-8-5-9-23(18-22)36-3/h5-6,8-12,17-18,21H,4,7,13-16,19-20H2,1-3H3/t21-/m0/s1. The molecule has 0 radical (unpaired) electrons. The molecule has 0 aliphatic carbocycles. The van der Waals surface area contributed by atoms with E-state index >= 15 is 0 Å². The van der Waals surface area contributed by atoms with E-state index in [0.717, 1.165) is 42.2 Å². The van der Waals surface area contributed by atoms with Gasteiger partial charge < -0.3 is 23.9 Å². The topological polar surface area (TPSA) is 92.0 Å². The Labute approximate surface area is 218 Å². The van der Waals surface area contributed by atoms with Crippen molar-refractivity contribution in [1.82, 2.24) is 20.0 Å². The number of carbonyl (C=O) groups is 2. The summed E-state index contributed by atoms with van der Waals surface area (Å²) in [5, 5.41) is 8.88. The summed E-state index contributed by atoms with van der Waals surface area (Å²) >= 11 is 0. The van der Waals surface area contributed by atoms with Gasteiger partial charge in [-0.3, -0.25) is 9.59 Å². The molecule has 1 saturated heterocycles. The molecular weight excluding hydrogens is 470 g/mol. The summed E-state index contributed by atoms with van der Waals surface area (Å²) < 4.78 is 10.6. The molecule has 1 aliphatic rings. The lowest BCUT2D eigenvalue weighted by atomic mass is 10.1. The highest BCUT2D eigenvalue weighted by Crippen LogP contribution is 2.23. The van der Waals surface area contributed by atoms with Crippen molar-refractivity contribution in [3.05, 3.63) is 60.6 Å². The third kappa shape index (κ3) is 6.67. The van der Waals surface area contributed by atoms with Crippen LogP contribution in [0.3, 0.4) is 0 Å². The van der Waals surface area contributed by atoms with Crippen LogP contribution in [0.1, 0.15) is 37.2 Å². The predicted octanol–water partition coefficient (Wildman–Crippen LogP) is 3.97. The van der Waals surface area contributed by atoms with Crippen LogP contribution in [0.15, 0.2) is 59.2 Å². The number of methoxy groups -OCH3 is 1. The van der Waals surface area contributed by atoms with Crippen molar-refractivity contribution in [2.75, 3.05) is 51.3 Å². The van der Waals surface area contributed by atoms with Gasteiger partial charge in [-0.25, -0.2) is 0 Å². The van der Waals surface area contributed by atoms with Gasteiger partial charge in [0.25, 0.3) is 5.91 Å². The monoisotopic (exact) mass is 505 g/mol. The third-order valence-electron chi connectivity index (χ3n) is 6.76. The average molecular weight is 506 g/mol. The number of anilines is 1. The Morgan fingerprint density at radius 1 is 1.08 bits per heavy atom. The maximum absolute atomic E-state index is 13.2. The van der Waals surface area contributed by atoms with E-state index in [9.17, 15) is 9.59 Å². The molecular formula is C28H35N5O4. The van der Waals surface area contributed by atoms with Crippen molar-refractivity contribution in [3.8, 4) is 17.0 Å². The molecule has 37 heavy (non-hydrogen) atoms. The van der Waals surface area contributed by atoms with Crippen LogP contribution in [-0.4, -0.2) is 78.2 Å². The molecule has 1 aromatic carbocycles. The quantitative estimate of drug-likeness (QED) is 0.434. The molecule has 0 bridgehead atoms. The molecule has 3 heterocycles. The van der Waals surface area contributed by atoms with E-state index in [1.165, 1.54) is 6.26 Å². The molecule has 1 atom stereocenters. The molecule has 9 nitrogen and oxygen atoms in total. The van der Waals surface area contributed by atoms with Gasteiger partial charge in [0.15, 0.2) is 11.6 Å². The zero-order valence-corrected chi connectivity index (χ0v) is 21.8. The zero-order chi connectivity index (χ0) is 26.2. The Bertz CT molecular complexity index is 1170. The van der Waals surface area contributed by atoms with E-state index in [4.69, 9.17) is 9.15 Å². The van der Waals surface area contributed by atoms with E-state index in [1.54, 1.807) is 24.1 Å². The lowest BCUT2D eigenvalue weighted by Gasteiger charge is -2.28. The van der Waals surface area contributed by atoms with E-state index < -0.39 is 0 Å². The molecule has 1 fully saturated rings. The van der Waals surface area contributed by atoms with Crippen molar-refractivity contribution >= 4 is 17.6 Å². The summed E-state index contributed by atoms with van der Waals surface area (Å²) in [5.74, 6) is 1.80. The van der Waals surface area contributed by atoms with Crippen LogP contribution in [0.4, 0.5) is 5.82 Å². The maximum Gasteiger partial charge on any atom is 0.290 e. The van der Waals surface area contributed by atoms with Crippen molar-refractivity contribution in [1.29, 1.82) is 0 Å². The lowest BCUT2D eigenvalue weighted by molar-refractivity contribution is -0.131. The van der Waals surface area contributed by atoms with Crippen LogP contribution in [0.2, 0.25) is 0 Å². The lowest BCUT2D eigenvalue weighted by Crippen LogP contribution is -2.45.